The van der Waals surface area contributed by atoms with E-state index in [9.17, 15) is 7.77 Å². The summed E-state index contributed by atoms with van der Waals surface area (Å²) in [6, 6.07) is 1.84. The topological polar surface area (TPSA) is 23.8 Å². The number of unbranched alkanes of at least 4 members (excludes halogenated alkanes) is 1. The number of rotatable bonds is 4. The van der Waals surface area contributed by atoms with Crippen LogP contribution in [0.25, 0.3) is 0 Å². The van der Waals surface area contributed by atoms with Crippen LogP contribution in [-0.4, -0.2) is 11.5 Å². The molecule has 0 aliphatic rings. The molecule has 0 aromatic heterocycles. The van der Waals surface area contributed by atoms with Gasteiger partial charge in [0, 0.05) is 17.9 Å². The lowest BCUT2D eigenvalue weighted by Crippen LogP contribution is -1.94. The second-order valence-corrected chi connectivity index (χ2v) is 4.34. The fraction of sp³-hybridized carbons (Fsp3) is 0.833. The molecule has 0 saturated heterocycles. The van der Waals surface area contributed by atoms with Crippen LogP contribution in [0.5, 0.6) is 0 Å². The Bertz CT molecular complexity index is 130. The Labute approximate surface area is 61.9 Å². The van der Waals surface area contributed by atoms with Crippen LogP contribution in [0, 0.1) is 11.3 Å². The van der Waals surface area contributed by atoms with E-state index in [1.54, 1.807) is 0 Å². The van der Waals surface area contributed by atoms with Crippen molar-refractivity contribution in [3.63, 3.8) is 0 Å². The average Bonchev–Trinajstić information content (AvgIpc) is 1.89. The summed E-state index contributed by atoms with van der Waals surface area (Å²) in [6.45, 7) is 1.49. The summed E-state index contributed by atoms with van der Waals surface area (Å²) in [5.41, 5.74) is 0. The third-order valence-corrected chi connectivity index (χ3v) is 2.88. The first-order valence-electron chi connectivity index (χ1n) is 3.17. The predicted octanol–water partition coefficient (Wildman–Crippen LogP) is 2.88. The van der Waals surface area contributed by atoms with Crippen LogP contribution in [0.3, 0.4) is 0 Å². The van der Waals surface area contributed by atoms with Crippen LogP contribution in [0.1, 0.15) is 19.8 Å². The van der Waals surface area contributed by atoms with Gasteiger partial charge < -0.3 is 0 Å². The fourth-order valence-electron chi connectivity index (χ4n) is 0.507. The molecule has 0 heterocycles. The minimum atomic E-state index is -3.34. The molecule has 0 atom stereocenters. The second-order valence-electron chi connectivity index (χ2n) is 1.95. The Morgan fingerprint density at radius 2 is 2.10 bits per heavy atom. The smallest absolute Gasteiger partial charge is 0.0622 e. The van der Waals surface area contributed by atoms with E-state index < -0.39 is 10.8 Å². The normalized spacial score (nSPS) is 12.6. The molecule has 10 heavy (non-hydrogen) atoms. The third kappa shape index (κ3) is 4.57. The van der Waals surface area contributed by atoms with Crippen molar-refractivity contribution in [2.24, 2.45) is 0 Å². The minimum absolute atomic E-state index is 0.0432. The highest BCUT2D eigenvalue weighted by Crippen LogP contribution is 2.51. The molecule has 0 unspecified atom stereocenters. The van der Waals surface area contributed by atoms with E-state index in [1.165, 1.54) is 6.92 Å². The molecule has 0 aliphatic carbocycles. The van der Waals surface area contributed by atoms with E-state index in [2.05, 4.69) is 0 Å². The summed E-state index contributed by atoms with van der Waals surface area (Å²) < 4.78 is 24.9. The van der Waals surface area contributed by atoms with E-state index >= 15 is 0 Å². The average molecular weight is 167 g/mol. The Morgan fingerprint density at radius 3 is 2.50 bits per heavy atom. The van der Waals surface area contributed by atoms with Gasteiger partial charge >= 0.3 is 0 Å². The first kappa shape index (κ1) is 9.70. The maximum atomic E-state index is 12.5. The molecule has 0 radical (unpaired) electrons. The Hall–Kier alpha value is -0.300. The Morgan fingerprint density at radius 1 is 1.50 bits per heavy atom. The van der Waals surface area contributed by atoms with Crippen LogP contribution >= 0.6 is 10.8 Å². The van der Waals surface area contributed by atoms with Crippen molar-refractivity contribution in [1.82, 2.24) is 0 Å². The second kappa shape index (κ2) is 4.51. The fourth-order valence-corrected chi connectivity index (χ4v) is 1.36. The van der Waals surface area contributed by atoms with E-state index in [0.717, 1.165) is 0 Å². The van der Waals surface area contributed by atoms with Gasteiger partial charge in [0.15, 0.2) is 0 Å². The van der Waals surface area contributed by atoms with Crippen LogP contribution in [0.4, 0.5) is 7.77 Å². The third-order valence-electron chi connectivity index (χ3n) is 1.15. The lowest BCUT2D eigenvalue weighted by molar-refractivity contribution is 0.729. The van der Waals surface area contributed by atoms with Crippen LogP contribution < -0.4 is 0 Å². The highest BCUT2D eigenvalue weighted by Gasteiger charge is 2.17. The van der Waals surface area contributed by atoms with Crippen molar-refractivity contribution in [3.8, 4) is 6.07 Å². The van der Waals surface area contributed by atoms with Crippen LogP contribution in [0.2, 0.25) is 0 Å². The van der Waals surface area contributed by atoms with Gasteiger partial charge in [-0.15, -0.1) is 0 Å². The van der Waals surface area contributed by atoms with Gasteiger partial charge in [-0.2, -0.15) is 13.0 Å². The van der Waals surface area contributed by atoms with Crippen LogP contribution in [-0.2, 0) is 0 Å². The summed E-state index contributed by atoms with van der Waals surface area (Å²) in [5, 5.41) is 8.05. The number of nitriles is 1. The molecule has 0 aromatic rings. The molecule has 60 valence electrons. The highest BCUT2D eigenvalue weighted by molar-refractivity contribution is 8.25. The Kier molecular flexibility index (Phi) is 4.37. The molecular weight excluding hydrogens is 156 g/mol. The SMILES string of the molecule is CCS(F)(F)CCCC#N. The summed E-state index contributed by atoms with van der Waals surface area (Å²) in [5.74, 6) is -0.116. The van der Waals surface area contributed by atoms with Gasteiger partial charge in [-0.25, -0.2) is 0 Å². The summed E-state index contributed by atoms with van der Waals surface area (Å²) in [6.07, 6.45) is 0.593. The summed E-state index contributed by atoms with van der Waals surface area (Å²) in [4.78, 5) is 0. The molecule has 0 amide bonds. The molecular formula is C6H11F2NS. The van der Waals surface area contributed by atoms with Gasteiger partial charge in [0.05, 0.1) is 16.9 Å². The lowest BCUT2D eigenvalue weighted by Gasteiger charge is -2.16. The van der Waals surface area contributed by atoms with E-state index in [4.69, 9.17) is 5.26 Å². The van der Waals surface area contributed by atoms with E-state index in [1.807, 2.05) is 6.07 Å². The monoisotopic (exact) mass is 167 g/mol. The standard InChI is InChI=1S/C6H11F2NS/c1-2-10(7,8)6-4-3-5-9/h2-4,6H2,1H3. The minimum Gasteiger partial charge on any atom is -0.198 e. The van der Waals surface area contributed by atoms with Crippen molar-refractivity contribution >= 4 is 10.8 Å². The van der Waals surface area contributed by atoms with Gasteiger partial charge in [0.25, 0.3) is 0 Å². The number of nitrogens with zero attached hydrogens (tertiary/aromatic N) is 1. The van der Waals surface area contributed by atoms with Gasteiger partial charge in [0.1, 0.15) is 0 Å². The quantitative estimate of drug-likeness (QED) is 0.590. The zero-order valence-corrected chi connectivity index (χ0v) is 6.76. The Balaban J connectivity index is 3.39. The first-order valence-corrected chi connectivity index (χ1v) is 4.94. The number of halogens is 2. The van der Waals surface area contributed by atoms with E-state index in [0.29, 0.717) is 6.42 Å². The van der Waals surface area contributed by atoms with Gasteiger partial charge in [-0.3, -0.25) is 0 Å². The number of hydrogen-bond donors (Lipinski definition) is 0. The maximum absolute atomic E-state index is 12.5. The van der Waals surface area contributed by atoms with Crippen molar-refractivity contribution in [2.45, 2.75) is 19.8 Å². The van der Waals surface area contributed by atoms with Gasteiger partial charge in [-0.1, -0.05) is 6.92 Å². The van der Waals surface area contributed by atoms with Crippen molar-refractivity contribution in [1.29, 1.82) is 5.26 Å². The zero-order valence-electron chi connectivity index (χ0n) is 5.94. The molecule has 0 aromatic carbocycles. The molecule has 0 aliphatic heterocycles. The molecule has 4 heteroatoms. The van der Waals surface area contributed by atoms with Crippen molar-refractivity contribution in [2.75, 3.05) is 11.5 Å². The van der Waals surface area contributed by atoms with Crippen LogP contribution in [0.15, 0.2) is 0 Å². The molecule has 0 rings (SSSR count). The van der Waals surface area contributed by atoms with Gasteiger partial charge in [0.2, 0.25) is 0 Å². The van der Waals surface area contributed by atoms with Gasteiger partial charge in [-0.05, 0) is 6.42 Å². The van der Waals surface area contributed by atoms with E-state index in [-0.39, 0.29) is 17.9 Å². The molecule has 0 N–H and O–H groups in total. The number of hydrogen-bond acceptors (Lipinski definition) is 1. The molecule has 0 bridgehead atoms. The molecule has 1 nitrogen and oxygen atoms in total. The maximum Gasteiger partial charge on any atom is 0.0622 e. The molecule has 0 saturated carbocycles. The summed E-state index contributed by atoms with van der Waals surface area (Å²) in [7, 11) is -3.34. The van der Waals surface area contributed by atoms with Crippen molar-refractivity contribution in [3.05, 3.63) is 0 Å². The first-order chi connectivity index (χ1) is 4.62. The highest BCUT2D eigenvalue weighted by atomic mass is 32.3. The predicted molar refractivity (Wildman–Crippen MR) is 40.1 cm³/mol. The summed E-state index contributed by atoms with van der Waals surface area (Å²) >= 11 is 0. The zero-order chi connectivity index (χ0) is 8.04. The largest absolute Gasteiger partial charge is 0.198 e. The molecule has 0 spiro atoms. The lowest BCUT2D eigenvalue weighted by atomic mass is 10.4. The van der Waals surface area contributed by atoms with Crippen molar-refractivity contribution < 1.29 is 7.77 Å². The molecule has 0 fully saturated rings.